The molecule has 17 heavy (non-hydrogen) atoms. The van der Waals surface area contributed by atoms with E-state index in [4.69, 9.17) is 21.1 Å². The van der Waals surface area contributed by atoms with Gasteiger partial charge in [0.25, 0.3) is 0 Å². The van der Waals surface area contributed by atoms with Gasteiger partial charge in [-0.2, -0.15) is 0 Å². The number of rotatable bonds is 2. The first-order valence-corrected chi connectivity index (χ1v) is 5.49. The average molecular weight is 257 g/mol. The zero-order valence-corrected chi connectivity index (χ0v) is 9.88. The van der Waals surface area contributed by atoms with Crippen molar-refractivity contribution in [3.05, 3.63) is 35.2 Å². The monoisotopic (exact) mass is 256 g/mol. The number of ether oxygens (including phenoxy) is 2. The lowest BCUT2D eigenvalue weighted by molar-refractivity contribution is -0.138. The number of carbonyl (C=O) groups excluding carboxylic acids is 1. The van der Waals surface area contributed by atoms with Crippen LogP contribution in [0.3, 0.4) is 0 Å². The van der Waals surface area contributed by atoms with Crippen molar-refractivity contribution in [2.24, 2.45) is 0 Å². The number of hydrogen-bond acceptors (Lipinski definition) is 3. The summed E-state index contributed by atoms with van der Waals surface area (Å²) < 4.78 is 23.3. The molecule has 3 nitrogen and oxygen atoms in total. The van der Waals surface area contributed by atoms with Gasteiger partial charge in [-0.15, -0.1) is 0 Å². The fraction of sp³-hybridized carbons (Fsp3) is 0.250. The summed E-state index contributed by atoms with van der Waals surface area (Å²) >= 11 is 6.05. The summed E-state index contributed by atoms with van der Waals surface area (Å²) in [5, 5.41) is 0.184. The molecule has 1 aromatic rings. The van der Waals surface area contributed by atoms with E-state index in [1.54, 1.807) is 6.92 Å². The van der Waals surface area contributed by atoms with E-state index < -0.39 is 11.8 Å². The molecule has 0 unspecified atom stereocenters. The molecule has 5 heteroatoms. The van der Waals surface area contributed by atoms with Crippen LogP contribution in [0.1, 0.15) is 12.5 Å². The highest BCUT2D eigenvalue weighted by molar-refractivity contribution is 6.51. The first kappa shape index (κ1) is 11.9. The third-order valence-corrected chi connectivity index (χ3v) is 2.77. The fourth-order valence-electron chi connectivity index (χ4n) is 1.54. The molecule has 0 atom stereocenters. The van der Waals surface area contributed by atoms with E-state index >= 15 is 0 Å². The van der Waals surface area contributed by atoms with Gasteiger partial charge in [-0.1, -0.05) is 11.6 Å². The topological polar surface area (TPSA) is 35.5 Å². The van der Waals surface area contributed by atoms with Crippen molar-refractivity contribution in [3.63, 3.8) is 0 Å². The number of hydrogen-bond donors (Lipinski definition) is 0. The molecule has 0 aliphatic carbocycles. The Hall–Kier alpha value is -1.55. The quantitative estimate of drug-likeness (QED) is 0.764. The SMILES string of the molecule is CCOC(=O)C1=C(Cl)c2cc(F)ccc2OC1. The van der Waals surface area contributed by atoms with Crippen molar-refractivity contribution in [1.29, 1.82) is 0 Å². The zero-order valence-electron chi connectivity index (χ0n) is 9.13. The highest BCUT2D eigenvalue weighted by atomic mass is 35.5. The standard InChI is InChI=1S/C12H10ClFO3/c1-2-16-12(15)9-6-17-10-4-3-7(14)5-8(10)11(9)13/h3-5H,2,6H2,1H3. The van der Waals surface area contributed by atoms with Gasteiger partial charge >= 0.3 is 5.97 Å². The fourth-order valence-corrected chi connectivity index (χ4v) is 1.82. The summed E-state index contributed by atoms with van der Waals surface area (Å²) in [4.78, 5) is 11.6. The predicted octanol–water partition coefficient (Wildman–Crippen LogP) is 2.73. The van der Waals surface area contributed by atoms with Crippen LogP contribution in [0.25, 0.3) is 5.03 Å². The summed E-state index contributed by atoms with van der Waals surface area (Å²) in [7, 11) is 0. The largest absolute Gasteiger partial charge is 0.488 e. The van der Waals surface area contributed by atoms with E-state index in [1.807, 2.05) is 0 Å². The van der Waals surface area contributed by atoms with Crippen LogP contribution in [0.5, 0.6) is 5.75 Å². The maximum Gasteiger partial charge on any atom is 0.339 e. The molecule has 0 radical (unpaired) electrons. The Morgan fingerprint density at radius 1 is 1.59 bits per heavy atom. The van der Waals surface area contributed by atoms with Crippen molar-refractivity contribution >= 4 is 22.6 Å². The molecule has 0 amide bonds. The molecule has 2 rings (SSSR count). The average Bonchev–Trinajstić information content (AvgIpc) is 2.30. The van der Waals surface area contributed by atoms with Crippen LogP contribution in [-0.2, 0) is 9.53 Å². The summed E-state index contributed by atoms with van der Waals surface area (Å²) in [5.41, 5.74) is 0.590. The van der Waals surface area contributed by atoms with Gasteiger partial charge in [0.2, 0.25) is 0 Å². The highest BCUT2D eigenvalue weighted by Gasteiger charge is 2.24. The van der Waals surface area contributed by atoms with Gasteiger partial charge in [-0.25, -0.2) is 9.18 Å². The molecule has 0 fully saturated rings. The first-order chi connectivity index (χ1) is 8.13. The zero-order chi connectivity index (χ0) is 12.4. The van der Waals surface area contributed by atoms with Crippen molar-refractivity contribution in [3.8, 4) is 5.75 Å². The lowest BCUT2D eigenvalue weighted by Gasteiger charge is -2.19. The maximum absolute atomic E-state index is 13.1. The second kappa shape index (κ2) is 4.75. The molecule has 0 saturated carbocycles. The molecule has 0 N–H and O–H groups in total. The maximum atomic E-state index is 13.1. The molecule has 0 bridgehead atoms. The summed E-state index contributed by atoms with van der Waals surface area (Å²) in [6.45, 7) is 1.99. The normalized spacial score (nSPS) is 14.1. The molecule has 1 aromatic carbocycles. The molecule has 1 aliphatic rings. The number of benzene rings is 1. The van der Waals surface area contributed by atoms with Gasteiger partial charge < -0.3 is 9.47 Å². The van der Waals surface area contributed by atoms with Gasteiger partial charge in [0.15, 0.2) is 0 Å². The van der Waals surface area contributed by atoms with E-state index in [-0.39, 0.29) is 23.8 Å². The first-order valence-electron chi connectivity index (χ1n) is 5.12. The van der Waals surface area contributed by atoms with Crippen molar-refractivity contribution in [2.75, 3.05) is 13.2 Å². The van der Waals surface area contributed by atoms with E-state index in [0.717, 1.165) is 0 Å². The van der Waals surface area contributed by atoms with Crippen molar-refractivity contribution in [2.45, 2.75) is 6.92 Å². The molecule has 0 spiro atoms. The lowest BCUT2D eigenvalue weighted by Crippen LogP contribution is -2.19. The van der Waals surface area contributed by atoms with Gasteiger partial charge in [-0.3, -0.25) is 0 Å². The smallest absolute Gasteiger partial charge is 0.339 e. The Balaban J connectivity index is 2.43. The van der Waals surface area contributed by atoms with E-state index in [9.17, 15) is 9.18 Å². The van der Waals surface area contributed by atoms with Crippen LogP contribution in [0.2, 0.25) is 0 Å². The van der Waals surface area contributed by atoms with Gasteiger partial charge in [-0.05, 0) is 25.1 Å². The molecular formula is C12H10ClFO3. The molecule has 1 heterocycles. The van der Waals surface area contributed by atoms with Crippen LogP contribution in [0, 0.1) is 5.82 Å². The highest BCUT2D eigenvalue weighted by Crippen LogP contribution is 2.36. The lowest BCUT2D eigenvalue weighted by atomic mass is 10.1. The van der Waals surface area contributed by atoms with Crippen LogP contribution in [0.4, 0.5) is 4.39 Å². The second-order valence-corrected chi connectivity index (χ2v) is 3.82. The minimum Gasteiger partial charge on any atom is -0.488 e. The van der Waals surface area contributed by atoms with Gasteiger partial charge in [0, 0.05) is 5.56 Å². The second-order valence-electron chi connectivity index (χ2n) is 3.44. The number of carbonyl (C=O) groups is 1. The third-order valence-electron chi connectivity index (χ3n) is 2.34. The Morgan fingerprint density at radius 2 is 2.35 bits per heavy atom. The Morgan fingerprint density at radius 3 is 3.06 bits per heavy atom. The molecule has 0 aromatic heterocycles. The van der Waals surface area contributed by atoms with E-state index in [2.05, 4.69) is 0 Å². The van der Waals surface area contributed by atoms with E-state index in [1.165, 1.54) is 18.2 Å². The van der Waals surface area contributed by atoms with Crippen LogP contribution >= 0.6 is 11.6 Å². The summed E-state index contributed by atoms with van der Waals surface area (Å²) in [6.07, 6.45) is 0. The summed E-state index contributed by atoms with van der Waals surface area (Å²) in [5.74, 6) is -0.507. The number of esters is 1. The van der Waals surface area contributed by atoms with Crippen LogP contribution < -0.4 is 4.74 Å². The van der Waals surface area contributed by atoms with Gasteiger partial charge in [0.1, 0.15) is 18.2 Å². The summed E-state index contributed by atoms with van der Waals surface area (Å²) in [6, 6.07) is 3.99. The molecule has 1 aliphatic heterocycles. The van der Waals surface area contributed by atoms with Crippen molar-refractivity contribution in [1.82, 2.24) is 0 Å². The van der Waals surface area contributed by atoms with Crippen LogP contribution in [-0.4, -0.2) is 19.2 Å². The number of fused-ring (bicyclic) bond motifs is 1. The van der Waals surface area contributed by atoms with E-state index in [0.29, 0.717) is 11.3 Å². The van der Waals surface area contributed by atoms with Gasteiger partial charge in [0.05, 0.1) is 17.2 Å². The predicted molar refractivity (Wildman–Crippen MR) is 61.3 cm³/mol. The molecular weight excluding hydrogens is 247 g/mol. The third kappa shape index (κ3) is 2.26. The Kier molecular flexibility index (Phi) is 3.33. The number of halogens is 2. The van der Waals surface area contributed by atoms with Crippen LogP contribution in [0.15, 0.2) is 23.8 Å². The molecule has 90 valence electrons. The Labute approximate surface area is 103 Å². The Bertz CT molecular complexity index is 497. The minimum atomic E-state index is -0.535. The minimum absolute atomic E-state index is 0.0380. The molecule has 0 saturated heterocycles. The van der Waals surface area contributed by atoms with Crippen molar-refractivity contribution < 1.29 is 18.7 Å².